The summed E-state index contributed by atoms with van der Waals surface area (Å²) < 4.78 is 0. The van der Waals surface area contributed by atoms with Gasteiger partial charge in [-0.15, -0.1) is 0 Å². The van der Waals surface area contributed by atoms with Crippen LogP contribution in [0.5, 0.6) is 0 Å². The summed E-state index contributed by atoms with van der Waals surface area (Å²) in [5.41, 5.74) is 8.28. The number of carbonyl (C=O) groups is 1. The Morgan fingerprint density at radius 1 is 1.11 bits per heavy atom. The van der Waals surface area contributed by atoms with Crippen molar-refractivity contribution in [2.45, 2.75) is 13.0 Å². The molecule has 2 rings (SSSR count). The van der Waals surface area contributed by atoms with Crippen LogP contribution in [-0.4, -0.2) is 5.91 Å². The second-order valence-electron chi connectivity index (χ2n) is 4.21. The number of anilines is 1. The van der Waals surface area contributed by atoms with E-state index in [1.807, 2.05) is 24.3 Å². The first kappa shape index (κ1) is 13.6. The summed E-state index contributed by atoms with van der Waals surface area (Å²) in [6.45, 7) is 0.431. The maximum Gasteiger partial charge on any atom is 0.228 e. The molecule has 4 heteroatoms. The lowest BCUT2D eigenvalue weighted by atomic mass is 10.0. The molecule has 0 aliphatic carbocycles. The molecule has 0 aliphatic heterocycles. The molecule has 0 aliphatic rings. The normalized spacial score (nSPS) is 10.2. The third-order valence-corrected chi connectivity index (χ3v) is 3.03. The van der Waals surface area contributed by atoms with Gasteiger partial charge in [0.2, 0.25) is 5.91 Å². The van der Waals surface area contributed by atoms with E-state index in [0.29, 0.717) is 23.7 Å². The molecule has 0 atom stereocenters. The minimum Gasteiger partial charge on any atom is -0.326 e. The van der Waals surface area contributed by atoms with E-state index in [2.05, 4.69) is 5.32 Å². The van der Waals surface area contributed by atoms with E-state index in [9.17, 15) is 4.79 Å². The zero-order valence-electron chi connectivity index (χ0n) is 10.4. The molecule has 0 saturated carbocycles. The Bertz CT molecular complexity index is 584. The van der Waals surface area contributed by atoms with E-state index >= 15 is 0 Å². The van der Waals surface area contributed by atoms with E-state index in [0.717, 1.165) is 11.1 Å². The van der Waals surface area contributed by atoms with Crippen LogP contribution in [0.2, 0.25) is 5.02 Å². The highest BCUT2D eigenvalue weighted by atomic mass is 35.5. The van der Waals surface area contributed by atoms with Gasteiger partial charge in [0.25, 0.3) is 0 Å². The molecular weight excluding hydrogens is 260 g/mol. The molecule has 2 aromatic carbocycles. The summed E-state index contributed by atoms with van der Waals surface area (Å²) in [5, 5.41) is 3.42. The molecule has 0 unspecified atom stereocenters. The molecule has 3 nitrogen and oxygen atoms in total. The zero-order chi connectivity index (χ0) is 13.7. The van der Waals surface area contributed by atoms with Crippen molar-refractivity contribution in [1.29, 1.82) is 0 Å². The average molecular weight is 275 g/mol. The van der Waals surface area contributed by atoms with E-state index < -0.39 is 0 Å². The first-order valence-corrected chi connectivity index (χ1v) is 6.39. The monoisotopic (exact) mass is 274 g/mol. The molecule has 98 valence electrons. The van der Waals surface area contributed by atoms with Gasteiger partial charge >= 0.3 is 0 Å². The van der Waals surface area contributed by atoms with Gasteiger partial charge in [-0.05, 0) is 29.3 Å². The van der Waals surface area contributed by atoms with Gasteiger partial charge in [0.1, 0.15) is 0 Å². The van der Waals surface area contributed by atoms with Gasteiger partial charge in [0, 0.05) is 17.3 Å². The van der Waals surface area contributed by atoms with Gasteiger partial charge in [0.15, 0.2) is 0 Å². The molecular formula is C15H15ClN2O. The summed E-state index contributed by atoms with van der Waals surface area (Å²) in [6, 6.07) is 14.8. The number of benzene rings is 2. The first-order chi connectivity index (χ1) is 9.19. The molecule has 0 spiro atoms. The summed E-state index contributed by atoms with van der Waals surface area (Å²) in [6.07, 6.45) is 0.305. The lowest BCUT2D eigenvalue weighted by Crippen LogP contribution is -2.16. The fourth-order valence-corrected chi connectivity index (χ4v) is 2.06. The molecule has 0 aromatic heterocycles. The highest BCUT2D eigenvalue weighted by Crippen LogP contribution is 2.16. The predicted octanol–water partition coefficient (Wildman–Crippen LogP) is 2.98. The van der Waals surface area contributed by atoms with Gasteiger partial charge in [0.05, 0.1) is 6.42 Å². The van der Waals surface area contributed by atoms with Crippen molar-refractivity contribution in [3.05, 3.63) is 64.7 Å². The van der Waals surface area contributed by atoms with Gasteiger partial charge in [-0.1, -0.05) is 41.9 Å². The van der Waals surface area contributed by atoms with Crippen LogP contribution in [-0.2, 0) is 17.8 Å². The number of rotatable bonds is 4. The van der Waals surface area contributed by atoms with Crippen LogP contribution in [0.1, 0.15) is 11.1 Å². The number of nitrogens with two attached hydrogens (primary N) is 1. The van der Waals surface area contributed by atoms with Crippen molar-refractivity contribution in [3.63, 3.8) is 0 Å². The molecule has 0 bridgehead atoms. The van der Waals surface area contributed by atoms with Crippen LogP contribution in [0.3, 0.4) is 0 Å². The fraction of sp³-hybridized carbons (Fsp3) is 0.133. The predicted molar refractivity (Wildman–Crippen MR) is 78.1 cm³/mol. The largest absolute Gasteiger partial charge is 0.326 e. The lowest BCUT2D eigenvalue weighted by molar-refractivity contribution is -0.115. The molecule has 3 N–H and O–H groups in total. The van der Waals surface area contributed by atoms with Crippen LogP contribution < -0.4 is 11.1 Å². The highest BCUT2D eigenvalue weighted by molar-refractivity contribution is 6.30. The number of amides is 1. The summed E-state index contributed by atoms with van der Waals surface area (Å²) >= 11 is 5.87. The lowest BCUT2D eigenvalue weighted by Gasteiger charge is -2.08. The third-order valence-electron chi connectivity index (χ3n) is 2.80. The van der Waals surface area contributed by atoms with Crippen LogP contribution in [0.25, 0.3) is 0 Å². The van der Waals surface area contributed by atoms with E-state index in [4.69, 9.17) is 17.3 Å². The fourth-order valence-electron chi connectivity index (χ4n) is 1.87. The van der Waals surface area contributed by atoms with Crippen LogP contribution in [0.4, 0.5) is 5.69 Å². The summed E-state index contributed by atoms with van der Waals surface area (Å²) in [7, 11) is 0. The summed E-state index contributed by atoms with van der Waals surface area (Å²) in [4.78, 5) is 12.0. The number of nitrogens with one attached hydrogen (secondary N) is 1. The topological polar surface area (TPSA) is 55.1 Å². The Balaban J connectivity index is 2.05. The maximum absolute atomic E-state index is 12.0. The maximum atomic E-state index is 12.0. The summed E-state index contributed by atoms with van der Waals surface area (Å²) in [5.74, 6) is -0.0804. The third kappa shape index (κ3) is 3.81. The van der Waals surface area contributed by atoms with E-state index in [1.165, 1.54) is 0 Å². The second kappa shape index (κ2) is 6.36. The number of halogens is 1. The second-order valence-corrected chi connectivity index (χ2v) is 4.64. The van der Waals surface area contributed by atoms with E-state index in [-0.39, 0.29) is 5.91 Å². The van der Waals surface area contributed by atoms with Crippen LogP contribution in [0.15, 0.2) is 48.5 Å². The average Bonchev–Trinajstić information content (AvgIpc) is 2.39. The molecule has 0 saturated heterocycles. The highest BCUT2D eigenvalue weighted by Gasteiger charge is 2.07. The SMILES string of the molecule is NCc1ccccc1CC(=O)Nc1cccc(Cl)c1. The van der Waals surface area contributed by atoms with Gasteiger partial charge < -0.3 is 11.1 Å². The number of hydrogen-bond acceptors (Lipinski definition) is 2. The Kier molecular flexibility index (Phi) is 4.55. The Morgan fingerprint density at radius 3 is 2.53 bits per heavy atom. The Labute approximate surface area is 117 Å². The molecule has 1 amide bonds. The Morgan fingerprint density at radius 2 is 1.84 bits per heavy atom. The molecule has 0 radical (unpaired) electrons. The van der Waals surface area contributed by atoms with Gasteiger partial charge in [-0.3, -0.25) is 4.79 Å². The number of hydrogen-bond donors (Lipinski definition) is 2. The molecule has 0 heterocycles. The minimum atomic E-state index is -0.0804. The van der Waals surface area contributed by atoms with Gasteiger partial charge in [-0.2, -0.15) is 0 Å². The van der Waals surface area contributed by atoms with Crippen molar-refractivity contribution < 1.29 is 4.79 Å². The van der Waals surface area contributed by atoms with Crippen molar-refractivity contribution in [3.8, 4) is 0 Å². The molecule has 2 aromatic rings. The molecule has 0 fully saturated rings. The first-order valence-electron chi connectivity index (χ1n) is 6.01. The van der Waals surface area contributed by atoms with Crippen LogP contribution in [0, 0.1) is 0 Å². The van der Waals surface area contributed by atoms with Crippen LogP contribution >= 0.6 is 11.6 Å². The van der Waals surface area contributed by atoms with E-state index in [1.54, 1.807) is 24.3 Å². The smallest absolute Gasteiger partial charge is 0.228 e. The molecule has 19 heavy (non-hydrogen) atoms. The Hall–Kier alpha value is -1.84. The number of carbonyl (C=O) groups excluding carboxylic acids is 1. The van der Waals surface area contributed by atoms with Crippen molar-refractivity contribution in [2.24, 2.45) is 5.73 Å². The quantitative estimate of drug-likeness (QED) is 0.901. The van der Waals surface area contributed by atoms with Crippen molar-refractivity contribution in [2.75, 3.05) is 5.32 Å². The van der Waals surface area contributed by atoms with Crippen molar-refractivity contribution >= 4 is 23.2 Å². The van der Waals surface area contributed by atoms with Crippen molar-refractivity contribution in [1.82, 2.24) is 0 Å². The van der Waals surface area contributed by atoms with Gasteiger partial charge in [-0.25, -0.2) is 0 Å². The standard InChI is InChI=1S/C15H15ClN2O/c16-13-6-3-7-14(9-13)18-15(19)8-11-4-1-2-5-12(11)10-17/h1-7,9H,8,10,17H2,(H,18,19). The zero-order valence-corrected chi connectivity index (χ0v) is 11.2. The minimum absolute atomic E-state index is 0.0804.